The molecule has 2 aromatic rings. The molecular formula is C17H22FN3O3. The highest BCUT2D eigenvalue weighted by molar-refractivity contribution is 5.94. The average molecular weight is 335 g/mol. The van der Waals surface area contributed by atoms with E-state index in [0.29, 0.717) is 37.0 Å². The number of carbonyl (C=O) groups is 1. The van der Waals surface area contributed by atoms with Gasteiger partial charge in [0.25, 0.3) is 5.91 Å². The first-order valence-electron chi connectivity index (χ1n) is 7.83. The molecule has 1 unspecified atom stereocenters. The molecule has 0 aliphatic heterocycles. The lowest BCUT2D eigenvalue weighted by Crippen LogP contribution is -2.29. The fraction of sp³-hybridized carbons (Fsp3) is 0.412. The highest BCUT2D eigenvalue weighted by atomic mass is 19.1. The van der Waals surface area contributed by atoms with Gasteiger partial charge >= 0.3 is 0 Å². The van der Waals surface area contributed by atoms with Gasteiger partial charge in [0.15, 0.2) is 0 Å². The number of ether oxygens (including phenoxy) is 2. The highest BCUT2D eigenvalue weighted by Gasteiger charge is 2.15. The van der Waals surface area contributed by atoms with E-state index >= 15 is 0 Å². The predicted molar refractivity (Wildman–Crippen MR) is 88.8 cm³/mol. The Bertz CT molecular complexity index is 687. The van der Waals surface area contributed by atoms with Crippen LogP contribution < -0.4 is 5.32 Å². The SMILES string of the molecule is CCOCCOC(C)C(=O)Nc1ccc(-n2ccnc2C)c(F)c1. The van der Waals surface area contributed by atoms with Crippen molar-refractivity contribution in [2.75, 3.05) is 25.1 Å². The third-order valence-electron chi connectivity index (χ3n) is 3.47. The van der Waals surface area contributed by atoms with E-state index in [0.717, 1.165) is 0 Å². The minimum Gasteiger partial charge on any atom is -0.379 e. The van der Waals surface area contributed by atoms with Gasteiger partial charge in [-0.1, -0.05) is 0 Å². The lowest BCUT2D eigenvalue weighted by atomic mass is 10.2. The number of hydrogen-bond donors (Lipinski definition) is 1. The summed E-state index contributed by atoms with van der Waals surface area (Å²) in [6.07, 6.45) is 2.63. The van der Waals surface area contributed by atoms with E-state index in [1.165, 1.54) is 6.07 Å². The molecule has 1 aromatic carbocycles. The summed E-state index contributed by atoms with van der Waals surface area (Å²) in [5, 5.41) is 2.64. The molecule has 24 heavy (non-hydrogen) atoms. The standard InChI is InChI=1S/C17H22FN3O3/c1-4-23-9-10-24-12(2)17(22)20-14-5-6-16(15(18)11-14)21-8-7-19-13(21)3/h5-8,11-12H,4,9-10H2,1-3H3,(H,20,22). The summed E-state index contributed by atoms with van der Waals surface area (Å²) in [6, 6.07) is 4.52. The minimum absolute atomic E-state index is 0.329. The number of carbonyl (C=O) groups excluding carboxylic acids is 1. The van der Waals surface area contributed by atoms with Crippen LogP contribution in [-0.2, 0) is 14.3 Å². The van der Waals surface area contributed by atoms with Crippen LogP contribution in [0.1, 0.15) is 19.7 Å². The lowest BCUT2D eigenvalue weighted by Gasteiger charge is -2.14. The number of nitrogens with one attached hydrogen (secondary N) is 1. The first kappa shape index (κ1) is 18.1. The number of aryl methyl sites for hydroxylation is 1. The third kappa shape index (κ3) is 4.62. The van der Waals surface area contributed by atoms with Crippen LogP contribution in [0.3, 0.4) is 0 Å². The second-order valence-electron chi connectivity index (χ2n) is 5.21. The third-order valence-corrected chi connectivity index (χ3v) is 3.47. The van der Waals surface area contributed by atoms with Crippen molar-refractivity contribution in [2.24, 2.45) is 0 Å². The molecule has 1 amide bonds. The van der Waals surface area contributed by atoms with Crippen molar-refractivity contribution >= 4 is 11.6 Å². The van der Waals surface area contributed by atoms with E-state index in [4.69, 9.17) is 9.47 Å². The second-order valence-corrected chi connectivity index (χ2v) is 5.21. The van der Waals surface area contributed by atoms with E-state index in [-0.39, 0.29) is 5.91 Å². The summed E-state index contributed by atoms with van der Waals surface area (Å²) in [6.45, 7) is 6.68. The van der Waals surface area contributed by atoms with E-state index in [9.17, 15) is 9.18 Å². The molecule has 0 spiro atoms. The molecule has 1 atom stereocenters. The molecule has 1 aromatic heterocycles. The van der Waals surface area contributed by atoms with Gasteiger partial charge in [0.2, 0.25) is 0 Å². The first-order valence-corrected chi connectivity index (χ1v) is 7.83. The van der Waals surface area contributed by atoms with Crippen molar-refractivity contribution in [3.8, 4) is 5.69 Å². The van der Waals surface area contributed by atoms with Gasteiger partial charge in [-0.05, 0) is 39.0 Å². The van der Waals surface area contributed by atoms with Crippen LogP contribution in [0.25, 0.3) is 5.69 Å². The molecule has 6 nitrogen and oxygen atoms in total. The topological polar surface area (TPSA) is 65.4 Å². The van der Waals surface area contributed by atoms with Gasteiger partial charge in [-0.3, -0.25) is 4.79 Å². The van der Waals surface area contributed by atoms with Gasteiger partial charge in [0, 0.05) is 24.7 Å². The molecule has 0 saturated heterocycles. The van der Waals surface area contributed by atoms with Crippen molar-refractivity contribution in [2.45, 2.75) is 26.9 Å². The predicted octanol–water partition coefficient (Wildman–Crippen LogP) is 2.70. The van der Waals surface area contributed by atoms with Crippen LogP contribution in [0.2, 0.25) is 0 Å². The molecular weight excluding hydrogens is 313 g/mol. The van der Waals surface area contributed by atoms with Crippen LogP contribution in [0.15, 0.2) is 30.6 Å². The molecule has 130 valence electrons. The number of hydrogen-bond acceptors (Lipinski definition) is 4. The molecule has 7 heteroatoms. The molecule has 2 rings (SSSR count). The summed E-state index contributed by atoms with van der Waals surface area (Å²) in [4.78, 5) is 16.1. The summed E-state index contributed by atoms with van der Waals surface area (Å²) >= 11 is 0. The Morgan fingerprint density at radius 3 is 2.83 bits per heavy atom. The quantitative estimate of drug-likeness (QED) is 0.753. The van der Waals surface area contributed by atoms with Crippen molar-refractivity contribution < 1.29 is 18.7 Å². The van der Waals surface area contributed by atoms with Crippen LogP contribution in [0.5, 0.6) is 0 Å². The number of anilines is 1. The lowest BCUT2D eigenvalue weighted by molar-refractivity contribution is -0.127. The maximum absolute atomic E-state index is 14.3. The van der Waals surface area contributed by atoms with Gasteiger partial charge in [-0.15, -0.1) is 0 Å². The van der Waals surface area contributed by atoms with E-state index in [1.54, 1.807) is 42.9 Å². The molecule has 0 fully saturated rings. The van der Waals surface area contributed by atoms with Crippen molar-refractivity contribution in [3.05, 3.63) is 42.2 Å². The molecule has 0 aliphatic rings. The van der Waals surface area contributed by atoms with Crippen molar-refractivity contribution in [1.82, 2.24) is 9.55 Å². The van der Waals surface area contributed by atoms with E-state index in [1.807, 2.05) is 6.92 Å². The molecule has 1 heterocycles. The Morgan fingerprint density at radius 1 is 1.42 bits per heavy atom. The van der Waals surface area contributed by atoms with Gasteiger partial charge in [-0.2, -0.15) is 0 Å². The van der Waals surface area contributed by atoms with Crippen LogP contribution >= 0.6 is 0 Å². The fourth-order valence-electron chi connectivity index (χ4n) is 2.16. The maximum atomic E-state index is 14.3. The minimum atomic E-state index is -0.649. The second kappa shape index (κ2) is 8.56. The fourth-order valence-corrected chi connectivity index (χ4v) is 2.16. The smallest absolute Gasteiger partial charge is 0.253 e. The van der Waals surface area contributed by atoms with Gasteiger partial charge in [-0.25, -0.2) is 9.37 Å². The van der Waals surface area contributed by atoms with Gasteiger partial charge < -0.3 is 19.4 Å². The van der Waals surface area contributed by atoms with E-state index in [2.05, 4.69) is 10.3 Å². The molecule has 0 aliphatic carbocycles. The summed E-state index contributed by atoms with van der Waals surface area (Å²) in [5.41, 5.74) is 0.753. The molecule has 1 N–H and O–H groups in total. The Balaban J connectivity index is 1.97. The number of benzene rings is 1. The summed E-state index contributed by atoms with van der Waals surface area (Å²) in [7, 11) is 0. The zero-order chi connectivity index (χ0) is 17.5. The highest BCUT2D eigenvalue weighted by Crippen LogP contribution is 2.19. The monoisotopic (exact) mass is 335 g/mol. The largest absolute Gasteiger partial charge is 0.379 e. The Hall–Kier alpha value is -2.25. The number of rotatable bonds is 8. The number of nitrogens with zero attached hydrogens (tertiary/aromatic N) is 2. The number of imidazole rings is 1. The number of amides is 1. The summed E-state index contributed by atoms with van der Waals surface area (Å²) < 4.78 is 26.4. The van der Waals surface area contributed by atoms with Gasteiger partial charge in [0.1, 0.15) is 17.7 Å². The average Bonchev–Trinajstić information content (AvgIpc) is 2.97. The zero-order valence-corrected chi connectivity index (χ0v) is 14.1. The van der Waals surface area contributed by atoms with Crippen LogP contribution in [0, 0.1) is 12.7 Å². The van der Waals surface area contributed by atoms with E-state index < -0.39 is 11.9 Å². The molecule has 0 bridgehead atoms. The molecule has 0 radical (unpaired) electrons. The van der Waals surface area contributed by atoms with Gasteiger partial charge in [0.05, 0.1) is 18.9 Å². The Morgan fingerprint density at radius 2 is 2.21 bits per heavy atom. The summed E-state index contributed by atoms with van der Waals surface area (Å²) in [5.74, 6) is -0.0988. The normalized spacial score (nSPS) is 12.2. The molecule has 0 saturated carbocycles. The first-order chi connectivity index (χ1) is 11.5. The Labute approximate surface area is 140 Å². The zero-order valence-electron chi connectivity index (χ0n) is 14.1. The van der Waals surface area contributed by atoms with Crippen molar-refractivity contribution in [3.63, 3.8) is 0 Å². The van der Waals surface area contributed by atoms with Crippen molar-refractivity contribution in [1.29, 1.82) is 0 Å². The van der Waals surface area contributed by atoms with Crippen LogP contribution in [-0.4, -0.2) is 41.4 Å². The Kier molecular flexibility index (Phi) is 6.45. The number of aromatic nitrogens is 2. The van der Waals surface area contributed by atoms with Crippen LogP contribution in [0.4, 0.5) is 10.1 Å². The number of halogens is 1. The maximum Gasteiger partial charge on any atom is 0.253 e.